The van der Waals surface area contributed by atoms with Gasteiger partial charge in [-0.05, 0) is 30.9 Å². The number of methoxy groups -OCH3 is 1. The van der Waals surface area contributed by atoms with Crippen LogP contribution >= 0.6 is 0 Å². The van der Waals surface area contributed by atoms with Gasteiger partial charge in [0, 0.05) is 11.8 Å². The van der Waals surface area contributed by atoms with Crippen molar-refractivity contribution < 1.29 is 18.7 Å². The van der Waals surface area contributed by atoms with E-state index in [9.17, 15) is 9.59 Å². The SMILES string of the molecule is COc1cccc2cc(C(C)NC(=O)C(NC(=O)CC(C)C)C(C)C)oc12. The predicted octanol–water partition coefficient (Wildman–Crippen LogP) is 3.81. The van der Waals surface area contributed by atoms with E-state index in [2.05, 4.69) is 10.6 Å². The largest absolute Gasteiger partial charge is 0.493 e. The minimum absolute atomic E-state index is 0.0240. The topological polar surface area (TPSA) is 80.6 Å². The van der Waals surface area contributed by atoms with Gasteiger partial charge in [0.2, 0.25) is 11.8 Å². The van der Waals surface area contributed by atoms with Crippen LogP contribution < -0.4 is 15.4 Å². The number of furan rings is 1. The Morgan fingerprint density at radius 1 is 1.11 bits per heavy atom. The monoisotopic (exact) mass is 374 g/mol. The van der Waals surface area contributed by atoms with Gasteiger partial charge in [-0.15, -0.1) is 0 Å². The van der Waals surface area contributed by atoms with E-state index in [4.69, 9.17) is 9.15 Å². The van der Waals surface area contributed by atoms with Crippen LogP contribution in [0.2, 0.25) is 0 Å². The Morgan fingerprint density at radius 2 is 1.81 bits per heavy atom. The van der Waals surface area contributed by atoms with Gasteiger partial charge in [0.25, 0.3) is 0 Å². The lowest BCUT2D eigenvalue weighted by Crippen LogP contribution is -2.50. The Morgan fingerprint density at radius 3 is 2.41 bits per heavy atom. The average molecular weight is 374 g/mol. The van der Waals surface area contributed by atoms with E-state index in [0.29, 0.717) is 23.5 Å². The van der Waals surface area contributed by atoms with Crippen molar-refractivity contribution in [1.82, 2.24) is 10.6 Å². The van der Waals surface area contributed by atoms with E-state index < -0.39 is 6.04 Å². The molecule has 6 nitrogen and oxygen atoms in total. The molecule has 2 aromatic rings. The first-order valence-electron chi connectivity index (χ1n) is 9.39. The van der Waals surface area contributed by atoms with Gasteiger partial charge in [-0.1, -0.05) is 39.8 Å². The molecule has 1 aromatic carbocycles. The molecule has 0 aliphatic rings. The highest BCUT2D eigenvalue weighted by Crippen LogP contribution is 2.30. The van der Waals surface area contributed by atoms with Crippen LogP contribution in [0.3, 0.4) is 0 Å². The van der Waals surface area contributed by atoms with Gasteiger partial charge in [0.15, 0.2) is 11.3 Å². The van der Waals surface area contributed by atoms with E-state index >= 15 is 0 Å². The number of ether oxygens (including phenoxy) is 1. The Labute approximate surface area is 160 Å². The molecule has 148 valence electrons. The molecule has 2 amide bonds. The van der Waals surface area contributed by atoms with Crippen LogP contribution in [0.4, 0.5) is 0 Å². The molecule has 1 aromatic heterocycles. The zero-order valence-electron chi connectivity index (χ0n) is 17.0. The van der Waals surface area contributed by atoms with Gasteiger partial charge in [0.05, 0.1) is 13.2 Å². The molecule has 0 fully saturated rings. The van der Waals surface area contributed by atoms with E-state index in [1.807, 2.05) is 58.9 Å². The third-order valence-corrected chi connectivity index (χ3v) is 4.39. The number of hydrogen-bond acceptors (Lipinski definition) is 4. The Kier molecular flexibility index (Phi) is 6.88. The Hall–Kier alpha value is -2.50. The number of benzene rings is 1. The van der Waals surface area contributed by atoms with Gasteiger partial charge in [-0.25, -0.2) is 0 Å². The molecule has 1 heterocycles. The van der Waals surface area contributed by atoms with Crippen LogP contribution in [-0.4, -0.2) is 25.0 Å². The fourth-order valence-corrected chi connectivity index (χ4v) is 2.94. The zero-order valence-corrected chi connectivity index (χ0v) is 17.0. The van der Waals surface area contributed by atoms with Crippen molar-refractivity contribution >= 4 is 22.8 Å². The summed E-state index contributed by atoms with van der Waals surface area (Å²) in [5, 5.41) is 6.71. The predicted molar refractivity (Wildman–Crippen MR) is 106 cm³/mol. The lowest BCUT2D eigenvalue weighted by molar-refractivity contribution is -0.130. The number of carbonyl (C=O) groups excluding carboxylic acids is 2. The zero-order chi connectivity index (χ0) is 20.1. The highest BCUT2D eigenvalue weighted by Gasteiger charge is 2.26. The van der Waals surface area contributed by atoms with E-state index in [1.165, 1.54) is 0 Å². The van der Waals surface area contributed by atoms with Crippen LogP contribution in [0.25, 0.3) is 11.0 Å². The summed E-state index contributed by atoms with van der Waals surface area (Å²) < 4.78 is 11.2. The molecule has 2 rings (SSSR count). The standard InChI is InChI=1S/C21H30N2O4/c1-12(2)10-18(24)23-19(13(3)4)21(25)22-14(5)17-11-15-8-7-9-16(26-6)20(15)27-17/h7-9,11-14,19H,10H2,1-6H3,(H,22,25)(H,23,24). The van der Waals surface area contributed by atoms with Gasteiger partial charge >= 0.3 is 0 Å². The second kappa shape index (κ2) is 8.93. The van der Waals surface area contributed by atoms with Crippen molar-refractivity contribution in [3.63, 3.8) is 0 Å². The third-order valence-electron chi connectivity index (χ3n) is 4.39. The molecular formula is C21H30N2O4. The van der Waals surface area contributed by atoms with Gasteiger partial charge in [0.1, 0.15) is 11.8 Å². The van der Waals surface area contributed by atoms with Crippen LogP contribution in [-0.2, 0) is 9.59 Å². The molecule has 0 saturated carbocycles. The summed E-state index contributed by atoms with van der Waals surface area (Å²) in [6.07, 6.45) is 0.398. The van der Waals surface area contributed by atoms with Gasteiger partial charge in [-0.3, -0.25) is 9.59 Å². The normalized spacial score (nSPS) is 13.6. The summed E-state index contributed by atoms with van der Waals surface area (Å²) in [6.45, 7) is 9.63. The van der Waals surface area contributed by atoms with E-state index in [1.54, 1.807) is 7.11 Å². The number of amides is 2. The second-order valence-electron chi connectivity index (χ2n) is 7.64. The summed E-state index contributed by atoms with van der Waals surface area (Å²) in [5.41, 5.74) is 0.654. The average Bonchev–Trinajstić information content (AvgIpc) is 3.02. The van der Waals surface area contributed by atoms with Crippen LogP contribution in [0.15, 0.2) is 28.7 Å². The first kappa shape index (κ1) is 20.8. The molecule has 0 spiro atoms. The first-order chi connectivity index (χ1) is 12.7. The van der Waals surface area contributed by atoms with Crippen molar-refractivity contribution in [2.24, 2.45) is 11.8 Å². The van der Waals surface area contributed by atoms with Crippen molar-refractivity contribution in [3.05, 3.63) is 30.0 Å². The van der Waals surface area contributed by atoms with Crippen molar-refractivity contribution in [3.8, 4) is 5.75 Å². The number of rotatable bonds is 8. The van der Waals surface area contributed by atoms with Crippen molar-refractivity contribution in [2.75, 3.05) is 7.11 Å². The second-order valence-corrected chi connectivity index (χ2v) is 7.64. The summed E-state index contributed by atoms with van der Waals surface area (Å²) in [6, 6.07) is 6.63. The summed E-state index contributed by atoms with van der Waals surface area (Å²) in [5.74, 6) is 1.17. The number of nitrogens with one attached hydrogen (secondary N) is 2. The maximum absolute atomic E-state index is 12.7. The summed E-state index contributed by atoms with van der Waals surface area (Å²) in [7, 11) is 1.59. The molecule has 2 unspecified atom stereocenters. The number of para-hydroxylation sites is 1. The van der Waals surface area contributed by atoms with E-state index in [0.717, 1.165) is 5.39 Å². The molecule has 0 aliphatic carbocycles. The smallest absolute Gasteiger partial charge is 0.243 e. The summed E-state index contributed by atoms with van der Waals surface area (Å²) in [4.78, 5) is 24.8. The van der Waals surface area contributed by atoms with Gasteiger partial charge < -0.3 is 19.8 Å². The number of fused-ring (bicyclic) bond motifs is 1. The summed E-state index contributed by atoms with van der Waals surface area (Å²) >= 11 is 0. The Balaban J connectivity index is 2.11. The minimum atomic E-state index is -0.586. The Bertz CT molecular complexity index is 795. The molecular weight excluding hydrogens is 344 g/mol. The highest BCUT2D eigenvalue weighted by molar-refractivity contribution is 5.88. The molecule has 0 aliphatic heterocycles. The fraction of sp³-hybridized carbons (Fsp3) is 0.524. The fourth-order valence-electron chi connectivity index (χ4n) is 2.94. The lowest BCUT2D eigenvalue weighted by Gasteiger charge is -2.23. The van der Waals surface area contributed by atoms with Crippen LogP contribution in [0.5, 0.6) is 5.75 Å². The molecule has 27 heavy (non-hydrogen) atoms. The van der Waals surface area contributed by atoms with Crippen molar-refractivity contribution in [2.45, 2.75) is 53.1 Å². The molecule has 0 bridgehead atoms. The maximum Gasteiger partial charge on any atom is 0.243 e. The van der Waals surface area contributed by atoms with Crippen molar-refractivity contribution in [1.29, 1.82) is 0 Å². The first-order valence-corrected chi connectivity index (χ1v) is 9.39. The minimum Gasteiger partial charge on any atom is -0.493 e. The molecule has 2 atom stereocenters. The van der Waals surface area contributed by atoms with E-state index in [-0.39, 0.29) is 29.7 Å². The lowest BCUT2D eigenvalue weighted by atomic mass is 10.0. The third kappa shape index (κ3) is 5.25. The highest BCUT2D eigenvalue weighted by atomic mass is 16.5. The number of hydrogen-bond donors (Lipinski definition) is 2. The molecule has 0 saturated heterocycles. The molecule has 6 heteroatoms. The number of carbonyl (C=O) groups is 2. The van der Waals surface area contributed by atoms with Gasteiger partial charge in [-0.2, -0.15) is 0 Å². The molecule has 2 N–H and O–H groups in total. The van der Waals surface area contributed by atoms with Crippen LogP contribution in [0, 0.1) is 11.8 Å². The van der Waals surface area contributed by atoms with Crippen LogP contribution in [0.1, 0.15) is 52.8 Å². The quantitative estimate of drug-likeness (QED) is 0.736. The molecule has 0 radical (unpaired) electrons. The maximum atomic E-state index is 12.7.